The summed E-state index contributed by atoms with van der Waals surface area (Å²) in [5.74, 6) is -1.77. The van der Waals surface area contributed by atoms with E-state index in [9.17, 15) is 8.78 Å². The van der Waals surface area contributed by atoms with E-state index in [0.717, 1.165) is 0 Å². The third-order valence-corrected chi connectivity index (χ3v) is 2.33. The molecule has 1 N–H and O–H groups in total. The monoisotopic (exact) mass is 271 g/mol. The van der Waals surface area contributed by atoms with Crippen LogP contribution in [-0.2, 0) is 11.3 Å². The van der Waals surface area contributed by atoms with Crippen LogP contribution in [-0.4, -0.2) is 26.9 Å². The van der Waals surface area contributed by atoms with Gasteiger partial charge in [0.1, 0.15) is 6.61 Å². The van der Waals surface area contributed by atoms with Gasteiger partial charge in [0.15, 0.2) is 17.4 Å². The summed E-state index contributed by atoms with van der Waals surface area (Å²) in [6.45, 7) is 6.97. The van der Waals surface area contributed by atoms with Crippen LogP contribution >= 0.6 is 0 Å². The van der Waals surface area contributed by atoms with E-state index in [1.54, 1.807) is 14.0 Å². The summed E-state index contributed by atoms with van der Waals surface area (Å²) in [5.41, 5.74) is 1.22. The minimum absolute atomic E-state index is 0.0965. The lowest BCUT2D eigenvalue weighted by Crippen LogP contribution is -2.18. The SMILES string of the molecule is C=C(C)COc1c(F)cc(CNCCOC)cc1F. The Hall–Kier alpha value is -1.46. The van der Waals surface area contributed by atoms with Crippen LogP contribution in [0.15, 0.2) is 24.3 Å². The van der Waals surface area contributed by atoms with Gasteiger partial charge in [-0.15, -0.1) is 0 Å². The molecule has 0 aliphatic carbocycles. The number of ether oxygens (including phenoxy) is 2. The maximum atomic E-state index is 13.7. The molecule has 0 fully saturated rings. The van der Waals surface area contributed by atoms with Gasteiger partial charge in [-0.2, -0.15) is 0 Å². The Morgan fingerprint density at radius 1 is 1.32 bits per heavy atom. The summed E-state index contributed by atoms with van der Waals surface area (Å²) in [6.07, 6.45) is 0. The van der Waals surface area contributed by atoms with Crippen LogP contribution in [0, 0.1) is 11.6 Å². The molecule has 1 aromatic rings. The quantitative estimate of drug-likeness (QED) is 0.582. The number of halogens is 2. The van der Waals surface area contributed by atoms with Crippen LogP contribution in [0.4, 0.5) is 8.78 Å². The van der Waals surface area contributed by atoms with Crippen molar-refractivity contribution in [3.63, 3.8) is 0 Å². The van der Waals surface area contributed by atoms with Crippen LogP contribution in [0.1, 0.15) is 12.5 Å². The summed E-state index contributed by atoms with van der Waals surface area (Å²) in [7, 11) is 1.59. The summed E-state index contributed by atoms with van der Waals surface area (Å²) < 4.78 is 37.3. The van der Waals surface area contributed by atoms with Gasteiger partial charge >= 0.3 is 0 Å². The van der Waals surface area contributed by atoms with Crippen molar-refractivity contribution < 1.29 is 18.3 Å². The van der Waals surface area contributed by atoms with E-state index in [-0.39, 0.29) is 12.4 Å². The fraction of sp³-hybridized carbons (Fsp3) is 0.429. The lowest BCUT2D eigenvalue weighted by atomic mass is 10.2. The molecular weight excluding hydrogens is 252 g/mol. The molecule has 0 atom stereocenters. The summed E-state index contributed by atoms with van der Waals surface area (Å²) >= 11 is 0. The first kappa shape index (κ1) is 15.6. The minimum atomic E-state index is -0.704. The molecule has 0 radical (unpaired) electrons. The Kier molecular flexibility index (Phi) is 6.45. The molecular formula is C14H19F2NO2. The van der Waals surface area contributed by atoms with Crippen molar-refractivity contribution in [3.05, 3.63) is 41.5 Å². The zero-order valence-corrected chi connectivity index (χ0v) is 11.3. The van der Waals surface area contributed by atoms with Crippen molar-refractivity contribution in [2.75, 3.05) is 26.9 Å². The number of methoxy groups -OCH3 is 1. The van der Waals surface area contributed by atoms with Gasteiger partial charge in [-0.25, -0.2) is 8.78 Å². The average Bonchev–Trinajstić information content (AvgIpc) is 2.33. The second kappa shape index (κ2) is 7.86. The van der Waals surface area contributed by atoms with Gasteiger partial charge in [0.2, 0.25) is 0 Å². The van der Waals surface area contributed by atoms with Gasteiger partial charge in [0.05, 0.1) is 6.61 Å². The lowest BCUT2D eigenvalue weighted by molar-refractivity contribution is 0.199. The van der Waals surface area contributed by atoms with Gasteiger partial charge < -0.3 is 14.8 Å². The van der Waals surface area contributed by atoms with Gasteiger partial charge in [0.25, 0.3) is 0 Å². The molecule has 3 nitrogen and oxygen atoms in total. The predicted molar refractivity (Wildman–Crippen MR) is 70.2 cm³/mol. The van der Waals surface area contributed by atoms with E-state index in [0.29, 0.717) is 30.8 Å². The number of benzene rings is 1. The molecule has 0 heterocycles. The zero-order chi connectivity index (χ0) is 14.3. The summed E-state index contributed by atoms with van der Waals surface area (Å²) in [5, 5.41) is 3.01. The molecule has 0 bridgehead atoms. The normalized spacial score (nSPS) is 10.5. The second-order valence-electron chi connectivity index (χ2n) is 4.30. The Bertz CT molecular complexity index is 412. The van der Waals surface area contributed by atoms with Crippen LogP contribution in [0.2, 0.25) is 0 Å². The predicted octanol–water partition coefficient (Wildman–Crippen LogP) is 2.66. The van der Waals surface area contributed by atoms with Crippen LogP contribution in [0.5, 0.6) is 5.75 Å². The van der Waals surface area contributed by atoms with E-state index in [1.165, 1.54) is 12.1 Å². The summed E-state index contributed by atoms with van der Waals surface area (Å²) in [4.78, 5) is 0. The maximum Gasteiger partial charge on any atom is 0.191 e. The molecule has 0 saturated heterocycles. The maximum absolute atomic E-state index is 13.7. The van der Waals surface area contributed by atoms with Crippen molar-refractivity contribution in [2.24, 2.45) is 0 Å². The van der Waals surface area contributed by atoms with Gasteiger partial charge in [-0.05, 0) is 30.2 Å². The van der Waals surface area contributed by atoms with Crippen molar-refractivity contribution in [2.45, 2.75) is 13.5 Å². The third kappa shape index (κ3) is 5.36. The molecule has 1 aromatic carbocycles. The van der Waals surface area contributed by atoms with Crippen molar-refractivity contribution in [3.8, 4) is 5.75 Å². The van der Waals surface area contributed by atoms with Gasteiger partial charge in [-0.3, -0.25) is 0 Å². The Labute approximate surface area is 112 Å². The largest absolute Gasteiger partial charge is 0.483 e. The fourth-order valence-electron chi connectivity index (χ4n) is 1.45. The first-order valence-corrected chi connectivity index (χ1v) is 5.99. The standard InChI is InChI=1S/C14H19F2NO2/c1-10(2)9-19-14-12(15)6-11(7-13(14)16)8-17-4-5-18-3/h6-7,17H,1,4-5,8-9H2,2-3H3. The minimum Gasteiger partial charge on any atom is -0.483 e. The first-order valence-electron chi connectivity index (χ1n) is 5.99. The van der Waals surface area contributed by atoms with Crippen LogP contribution in [0.25, 0.3) is 0 Å². The van der Waals surface area contributed by atoms with E-state index in [1.807, 2.05) is 0 Å². The number of rotatable bonds is 8. The Balaban J connectivity index is 2.65. The van der Waals surface area contributed by atoms with Crippen molar-refractivity contribution in [1.82, 2.24) is 5.32 Å². The molecule has 0 spiro atoms. The number of hydrogen-bond acceptors (Lipinski definition) is 3. The van der Waals surface area contributed by atoms with Crippen LogP contribution < -0.4 is 10.1 Å². The molecule has 106 valence electrons. The fourth-order valence-corrected chi connectivity index (χ4v) is 1.45. The number of hydrogen-bond donors (Lipinski definition) is 1. The highest BCUT2D eigenvalue weighted by molar-refractivity contribution is 5.31. The topological polar surface area (TPSA) is 30.5 Å². The highest BCUT2D eigenvalue weighted by Crippen LogP contribution is 2.23. The Morgan fingerprint density at radius 3 is 2.47 bits per heavy atom. The van der Waals surface area contributed by atoms with E-state index < -0.39 is 11.6 Å². The zero-order valence-electron chi connectivity index (χ0n) is 11.3. The van der Waals surface area contributed by atoms with Crippen molar-refractivity contribution in [1.29, 1.82) is 0 Å². The number of nitrogens with one attached hydrogen (secondary N) is 1. The van der Waals surface area contributed by atoms with Gasteiger partial charge in [-0.1, -0.05) is 6.58 Å². The van der Waals surface area contributed by atoms with Gasteiger partial charge in [0, 0.05) is 20.2 Å². The lowest BCUT2D eigenvalue weighted by Gasteiger charge is -2.10. The third-order valence-electron chi connectivity index (χ3n) is 2.33. The second-order valence-corrected chi connectivity index (χ2v) is 4.30. The average molecular weight is 271 g/mol. The molecule has 0 amide bonds. The van der Waals surface area contributed by atoms with E-state index in [4.69, 9.17) is 9.47 Å². The molecule has 0 aliphatic heterocycles. The van der Waals surface area contributed by atoms with E-state index >= 15 is 0 Å². The Morgan fingerprint density at radius 2 is 1.95 bits per heavy atom. The van der Waals surface area contributed by atoms with E-state index in [2.05, 4.69) is 11.9 Å². The van der Waals surface area contributed by atoms with Crippen LogP contribution in [0.3, 0.4) is 0 Å². The summed E-state index contributed by atoms with van der Waals surface area (Å²) in [6, 6.07) is 2.52. The molecule has 1 rings (SSSR count). The van der Waals surface area contributed by atoms with Crippen molar-refractivity contribution >= 4 is 0 Å². The smallest absolute Gasteiger partial charge is 0.191 e. The molecule has 5 heteroatoms. The highest BCUT2D eigenvalue weighted by Gasteiger charge is 2.12. The molecule has 0 aromatic heterocycles. The molecule has 0 saturated carbocycles. The molecule has 0 aliphatic rings. The first-order chi connectivity index (χ1) is 9.04. The highest BCUT2D eigenvalue weighted by atomic mass is 19.1. The molecule has 19 heavy (non-hydrogen) atoms. The molecule has 0 unspecified atom stereocenters.